The molecule has 0 spiro atoms. The standard InChI is InChI=1S/C2H4.ClH.4FH/c1-2;;;;;/h1-2H2;5*1H/p-5. The van der Waals surface area contributed by atoms with E-state index in [2.05, 4.69) is 13.2 Å². The lowest BCUT2D eigenvalue weighted by atomic mass is 11.3. The third kappa shape index (κ3) is 1290. The van der Waals surface area contributed by atoms with Crippen LogP contribution in [-0.4, -0.2) is 0 Å². The fraction of sp³-hybridized carbons (Fsp3) is 0. The molecule has 0 aliphatic rings. The van der Waals surface area contributed by atoms with E-state index < -0.39 is 0 Å². The van der Waals surface area contributed by atoms with Crippen molar-refractivity contribution in [2.75, 3.05) is 0 Å². The molecule has 7 heavy (non-hydrogen) atoms. The molecular formula is C2H4ClF4-5. The number of hydrogen-bond acceptors (Lipinski definition) is 0. The minimum Gasteiger partial charge on any atom is -1.00 e. The first-order valence-corrected chi connectivity index (χ1v) is 0.500. The van der Waals surface area contributed by atoms with Crippen molar-refractivity contribution in [2.45, 2.75) is 0 Å². The summed E-state index contributed by atoms with van der Waals surface area (Å²) >= 11 is 0. The van der Waals surface area contributed by atoms with Crippen LogP contribution in [0.4, 0.5) is 0 Å². The predicted octanol–water partition coefficient (Wildman–Crippen LogP) is -14.2. The second-order valence-corrected chi connectivity index (χ2v) is 0. The van der Waals surface area contributed by atoms with Gasteiger partial charge in [-0.25, -0.2) is 0 Å². The predicted molar refractivity (Wildman–Crippen MR) is 11.3 cm³/mol. The Morgan fingerprint density at radius 1 is 0.571 bits per heavy atom. The molecule has 0 aromatic carbocycles. The highest BCUT2D eigenvalue weighted by Gasteiger charge is 0.601. The van der Waals surface area contributed by atoms with Gasteiger partial charge in [-0.2, -0.15) is 0 Å². The van der Waals surface area contributed by atoms with E-state index in [0.29, 0.717) is 0 Å². The van der Waals surface area contributed by atoms with Crippen molar-refractivity contribution in [1.82, 2.24) is 0 Å². The largest absolute Gasteiger partial charge is 1.00 e. The van der Waals surface area contributed by atoms with E-state index in [4.69, 9.17) is 0 Å². The number of halogens is 5. The molecule has 0 fully saturated rings. The van der Waals surface area contributed by atoms with Crippen LogP contribution in [0.2, 0.25) is 0 Å². The highest BCUT2D eigenvalue weighted by Crippen LogP contribution is 0.862. The molecule has 0 radical (unpaired) electrons. The second kappa shape index (κ2) is 2080. The maximum Gasteiger partial charge on any atom is -0.106 e. The van der Waals surface area contributed by atoms with E-state index in [-0.39, 0.29) is 31.2 Å². The quantitative estimate of drug-likeness (QED) is 0.231. The van der Waals surface area contributed by atoms with Gasteiger partial charge in [0.2, 0.25) is 0 Å². The van der Waals surface area contributed by atoms with Gasteiger partial charge in [0.1, 0.15) is 0 Å². The molecule has 0 heterocycles. The molecule has 0 aromatic rings. The fourth-order valence-electron chi connectivity index (χ4n) is 0. The Morgan fingerprint density at radius 2 is 0.571 bits per heavy atom. The molecule has 0 aliphatic carbocycles. The third-order valence-corrected chi connectivity index (χ3v) is 0. The van der Waals surface area contributed by atoms with E-state index in [1.807, 2.05) is 0 Å². The third-order valence-electron chi connectivity index (χ3n) is 0. The Balaban J connectivity index is -0.000000000500. The van der Waals surface area contributed by atoms with Gasteiger partial charge in [0.25, 0.3) is 0 Å². The molecular weight excluding hydrogens is 135 g/mol. The van der Waals surface area contributed by atoms with Crippen molar-refractivity contribution in [1.29, 1.82) is 0 Å². The molecule has 0 nitrogen and oxygen atoms in total. The fourth-order valence-corrected chi connectivity index (χ4v) is 0. The summed E-state index contributed by atoms with van der Waals surface area (Å²) in [5, 5.41) is 0. The lowest BCUT2D eigenvalue weighted by molar-refractivity contribution is -0.00100. The zero-order valence-electron chi connectivity index (χ0n) is 3.30. The van der Waals surface area contributed by atoms with Crippen molar-refractivity contribution in [3.05, 3.63) is 13.2 Å². The molecule has 0 amide bonds. The molecule has 0 atom stereocenters. The molecule has 0 N–H and O–H groups in total. The molecule has 5 heteroatoms. The zero-order chi connectivity index (χ0) is 2.00. The summed E-state index contributed by atoms with van der Waals surface area (Å²) in [4.78, 5) is 0. The molecule has 0 bridgehead atoms. The Morgan fingerprint density at radius 3 is 0.571 bits per heavy atom. The van der Waals surface area contributed by atoms with Gasteiger partial charge in [0.15, 0.2) is 0 Å². The topological polar surface area (TPSA) is 0 Å². The molecule has 0 aliphatic heterocycles. The van der Waals surface area contributed by atoms with Crippen molar-refractivity contribution < 1.29 is 31.2 Å². The van der Waals surface area contributed by atoms with Crippen LogP contribution in [0, 0.1) is 0 Å². The van der Waals surface area contributed by atoms with Crippen LogP contribution in [0.5, 0.6) is 0 Å². The average molecular weight is 139 g/mol. The first-order valence-electron chi connectivity index (χ1n) is 0.500. The van der Waals surface area contributed by atoms with Gasteiger partial charge in [-0.05, 0) is 0 Å². The Labute approximate surface area is 45.5 Å². The SMILES string of the molecule is C=C.[Cl-].[F-].[F-].[F-].[F-]. The normalized spacial score (nSPS) is 0.571. The zero-order valence-corrected chi connectivity index (χ0v) is 4.06. The monoisotopic (exact) mass is 139 g/mol. The molecule has 52 valence electrons. The molecule has 0 saturated heterocycles. The minimum atomic E-state index is 0. The highest BCUT2D eigenvalue weighted by molar-refractivity contribution is 4.22. The summed E-state index contributed by atoms with van der Waals surface area (Å²) in [7, 11) is 0. The van der Waals surface area contributed by atoms with Crippen LogP contribution in [0.3, 0.4) is 0 Å². The first-order chi connectivity index (χ1) is 1.00. The van der Waals surface area contributed by atoms with Crippen LogP contribution in [-0.2, 0) is 0 Å². The number of hydrogen-bond donors (Lipinski definition) is 0. The number of rotatable bonds is 0. The van der Waals surface area contributed by atoms with Crippen LogP contribution in [0.15, 0.2) is 13.2 Å². The van der Waals surface area contributed by atoms with E-state index in [0.717, 1.165) is 0 Å². The van der Waals surface area contributed by atoms with E-state index in [1.54, 1.807) is 0 Å². The van der Waals surface area contributed by atoms with E-state index >= 15 is 0 Å². The smallest absolute Gasteiger partial charge is 0.106 e. The molecule has 0 aromatic heterocycles. The van der Waals surface area contributed by atoms with E-state index in [9.17, 15) is 0 Å². The minimum absolute atomic E-state index is 0. The van der Waals surface area contributed by atoms with Crippen molar-refractivity contribution >= 4 is 0 Å². The van der Waals surface area contributed by atoms with Crippen LogP contribution >= 0.6 is 0 Å². The summed E-state index contributed by atoms with van der Waals surface area (Å²) in [5.41, 5.74) is 0. The summed E-state index contributed by atoms with van der Waals surface area (Å²) in [6.07, 6.45) is 0. The van der Waals surface area contributed by atoms with Gasteiger partial charge < -0.3 is 31.2 Å². The van der Waals surface area contributed by atoms with Gasteiger partial charge in [0, 0.05) is 0 Å². The summed E-state index contributed by atoms with van der Waals surface area (Å²) in [5.74, 6) is 0. The Kier molecular flexibility index (Phi) is 118000. The maximum absolute atomic E-state index is 3.00. The summed E-state index contributed by atoms with van der Waals surface area (Å²) < 4.78 is 0. The lowest BCUT2D eigenvalue weighted by Crippen LogP contribution is -3.00. The maximum atomic E-state index is 3.00. The van der Waals surface area contributed by atoms with Gasteiger partial charge in [-0.1, -0.05) is 0 Å². The van der Waals surface area contributed by atoms with Gasteiger partial charge in [-0.15, -0.1) is 13.2 Å². The average Bonchev–Trinajstić information content (AvgIpc) is 1.00. The van der Waals surface area contributed by atoms with Gasteiger partial charge >= 0.3 is 0 Å². The molecule has 0 unspecified atom stereocenters. The van der Waals surface area contributed by atoms with Crippen molar-refractivity contribution in [3.8, 4) is 0 Å². The second-order valence-electron chi connectivity index (χ2n) is 0. The van der Waals surface area contributed by atoms with Crippen molar-refractivity contribution in [3.63, 3.8) is 0 Å². The van der Waals surface area contributed by atoms with Crippen LogP contribution < -0.4 is 31.2 Å². The Bertz CT molecular complexity index is 9.65. The summed E-state index contributed by atoms with van der Waals surface area (Å²) in [6.45, 7) is 6.00. The van der Waals surface area contributed by atoms with Gasteiger partial charge in [0.05, 0.1) is 0 Å². The van der Waals surface area contributed by atoms with E-state index in [1.165, 1.54) is 0 Å². The molecule has 0 saturated carbocycles. The highest BCUT2D eigenvalue weighted by atomic mass is 35.5. The Hall–Kier alpha value is -0.250. The summed E-state index contributed by atoms with van der Waals surface area (Å²) in [6, 6.07) is 0. The van der Waals surface area contributed by atoms with Gasteiger partial charge in [-0.3, -0.25) is 0 Å². The first kappa shape index (κ1) is 397. The molecule has 0 rings (SSSR count). The van der Waals surface area contributed by atoms with Crippen LogP contribution in [0.25, 0.3) is 0 Å². The van der Waals surface area contributed by atoms with Crippen LogP contribution in [0.1, 0.15) is 0 Å². The van der Waals surface area contributed by atoms with Crippen molar-refractivity contribution in [2.24, 2.45) is 0 Å². The lowest BCUT2D eigenvalue weighted by Gasteiger charge is -1.00.